The number of ether oxygens (including phenoxy) is 2. The molecule has 3 heterocycles. The molecule has 1 amide bonds. The molecular weight excluding hydrogens is 474 g/mol. The fourth-order valence-corrected chi connectivity index (χ4v) is 4.66. The van der Waals surface area contributed by atoms with E-state index in [0.717, 1.165) is 34.7 Å². The van der Waals surface area contributed by atoms with Crippen molar-refractivity contribution in [3.63, 3.8) is 0 Å². The maximum absolute atomic E-state index is 12.7. The Morgan fingerprint density at radius 1 is 0.946 bits per heavy atom. The Balaban J connectivity index is 1.20. The van der Waals surface area contributed by atoms with E-state index in [0.29, 0.717) is 35.6 Å². The summed E-state index contributed by atoms with van der Waals surface area (Å²) in [5.74, 6) is 1.34. The number of piperazine rings is 1. The van der Waals surface area contributed by atoms with Crippen molar-refractivity contribution in [1.29, 1.82) is 0 Å². The Kier molecular flexibility index (Phi) is 6.47. The van der Waals surface area contributed by atoms with Gasteiger partial charge in [-0.2, -0.15) is 0 Å². The molecule has 0 aliphatic carbocycles. The Labute approximate surface area is 213 Å². The van der Waals surface area contributed by atoms with E-state index in [-0.39, 0.29) is 23.8 Å². The maximum Gasteiger partial charge on any atom is 0.331 e. The van der Waals surface area contributed by atoms with Gasteiger partial charge in [-0.3, -0.25) is 18.7 Å². The van der Waals surface area contributed by atoms with Crippen LogP contribution in [0.25, 0.3) is 22.3 Å². The largest absolute Gasteiger partial charge is 0.495 e. The highest BCUT2D eigenvalue weighted by atomic mass is 16.5. The number of hydrogen-bond donors (Lipinski definition) is 1. The summed E-state index contributed by atoms with van der Waals surface area (Å²) in [6.45, 7) is 2.63. The van der Waals surface area contributed by atoms with Gasteiger partial charge >= 0.3 is 5.69 Å². The van der Waals surface area contributed by atoms with Crippen molar-refractivity contribution >= 4 is 22.6 Å². The number of aromatic amines is 1. The van der Waals surface area contributed by atoms with E-state index in [1.165, 1.54) is 11.6 Å². The van der Waals surface area contributed by atoms with E-state index >= 15 is 0 Å². The van der Waals surface area contributed by atoms with Crippen LogP contribution in [0, 0.1) is 0 Å². The Hall–Kier alpha value is -4.47. The van der Waals surface area contributed by atoms with Crippen LogP contribution in [0.5, 0.6) is 11.5 Å². The third-order valence-electron chi connectivity index (χ3n) is 6.84. The van der Waals surface area contributed by atoms with E-state index in [1.807, 2.05) is 41.3 Å². The number of anilines is 1. The Bertz CT molecular complexity index is 1560. The monoisotopic (exact) mass is 503 g/mol. The van der Waals surface area contributed by atoms with Crippen LogP contribution in [0.2, 0.25) is 0 Å². The maximum atomic E-state index is 12.7. The summed E-state index contributed by atoms with van der Waals surface area (Å²) >= 11 is 0. The summed E-state index contributed by atoms with van der Waals surface area (Å²) in [6.07, 6.45) is 0. The molecule has 1 saturated heterocycles. The second kappa shape index (κ2) is 9.88. The van der Waals surface area contributed by atoms with Gasteiger partial charge in [-0.05, 0) is 48.0 Å². The second-order valence-electron chi connectivity index (χ2n) is 9.00. The summed E-state index contributed by atoms with van der Waals surface area (Å²) in [4.78, 5) is 44.5. The number of carbonyl (C=O) groups excluding carboxylic acids is 1. The summed E-state index contributed by atoms with van der Waals surface area (Å²) < 4.78 is 13.7. The summed E-state index contributed by atoms with van der Waals surface area (Å²) in [7, 11) is 4.75. The molecule has 0 unspecified atom stereocenters. The SMILES string of the molecule is COc1ccccc1N1CCN(C(=O)COc2ccc(-c3cc4c([nH]3)c(=O)n(C)c(=O)n4C)cc2)CC1. The van der Waals surface area contributed by atoms with Crippen LogP contribution in [0.1, 0.15) is 0 Å². The summed E-state index contributed by atoms with van der Waals surface area (Å²) in [6, 6.07) is 16.9. The Morgan fingerprint density at radius 2 is 1.65 bits per heavy atom. The number of hydrogen-bond acceptors (Lipinski definition) is 6. The number of aryl methyl sites for hydroxylation is 1. The number of fused-ring (bicyclic) bond motifs is 1. The molecule has 1 N–H and O–H groups in total. The normalized spacial score (nSPS) is 13.7. The van der Waals surface area contributed by atoms with Crippen LogP contribution in [-0.4, -0.2) is 64.8 Å². The molecule has 10 heteroatoms. The van der Waals surface area contributed by atoms with Crippen molar-refractivity contribution in [2.45, 2.75) is 0 Å². The van der Waals surface area contributed by atoms with Crippen molar-refractivity contribution in [3.05, 3.63) is 75.4 Å². The zero-order chi connectivity index (χ0) is 26.1. The number of benzene rings is 2. The highest BCUT2D eigenvalue weighted by molar-refractivity contribution is 5.82. The van der Waals surface area contributed by atoms with Gasteiger partial charge in [0.1, 0.15) is 17.0 Å². The number of rotatable bonds is 6. The third-order valence-corrected chi connectivity index (χ3v) is 6.84. The first-order valence-corrected chi connectivity index (χ1v) is 12.0. The molecule has 37 heavy (non-hydrogen) atoms. The zero-order valence-corrected chi connectivity index (χ0v) is 21.1. The third kappa shape index (κ3) is 4.57. The first kappa shape index (κ1) is 24.2. The predicted molar refractivity (Wildman–Crippen MR) is 141 cm³/mol. The first-order chi connectivity index (χ1) is 17.9. The lowest BCUT2D eigenvalue weighted by molar-refractivity contribution is -0.133. The molecule has 5 rings (SSSR count). The number of nitrogens with one attached hydrogen (secondary N) is 1. The molecule has 0 bridgehead atoms. The second-order valence-corrected chi connectivity index (χ2v) is 9.00. The molecule has 0 saturated carbocycles. The molecule has 1 aliphatic heterocycles. The van der Waals surface area contributed by atoms with Gasteiger partial charge in [0.05, 0.1) is 18.3 Å². The lowest BCUT2D eigenvalue weighted by Crippen LogP contribution is -2.50. The molecule has 1 aliphatic rings. The Morgan fingerprint density at radius 3 is 2.35 bits per heavy atom. The van der Waals surface area contributed by atoms with Gasteiger partial charge in [0, 0.05) is 46.0 Å². The average Bonchev–Trinajstić information content (AvgIpc) is 3.40. The smallest absolute Gasteiger partial charge is 0.331 e. The van der Waals surface area contributed by atoms with E-state index in [4.69, 9.17) is 9.47 Å². The molecule has 2 aromatic heterocycles. The summed E-state index contributed by atoms with van der Waals surface area (Å²) in [5, 5.41) is 0. The van der Waals surface area contributed by atoms with Crippen LogP contribution in [0.15, 0.2) is 64.2 Å². The van der Waals surface area contributed by atoms with Gasteiger partial charge in [0.15, 0.2) is 6.61 Å². The number of carbonyl (C=O) groups is 1. The van der Waals surface area contributed by atoms with E-state index in [2.05, 4.69) is 9.88 Å². The van der Waals surface area contributed by atoms with E-state index < -0.39 is 0 Å². The highest BCUT2D eigenvalue weighted by Crippen LogP contribution is 2.28. The number of para-hydroxylation sites is 2. The van der Waals surface area contributed by atoms with Gasteiger partial charge in [0.2, 0.25) is 0 Å². The highest BCUT2D eigenvalue weighted by Gasteiger charge is 2.23. The van der Waals surface area contributed by atoms with Crippen LogP contribution in [0.3, 0.4) is 0 Å². The van der Waals surface area contributed by atoms with Crippen molar-refractivity contribution < 1.29 is 14.3 Å². The number of methoxy groups -OCH3 is 1. The zero-order valence-electron chi connectivity index (χ0n) is 21.1. The van der Waals surface area contributed by atoms with E-state index in [9.17, 15) is 14.4 Å². The van der Waals surface area contributed by atoms with Crippen LogP contribution in [-0.2, 0) is 18.9 Å². The molecule has 0 radical (unpaired) electrons. The van der Waals surface area contributed by atoms with Gasteiger partial charge < -0.3 is 24.3 Å². The van der Waals surface area contributed by atoms with Gasteiger partial charge in [-0.25, -0.2) is 4.79 Å². The fraction of sp³-hybridized carbons (Fsp3) is 0.296. The number of H-pyrrole nitrogens is 1. The van der Waals surface area contributed by atoms with Gasteiger partial charge in [-0.1, -0.05) is 12.1 Å². The molecule has 10 nitrogen and oxygen atoms in total. The lowest BCUT2D eigenvalue weighted by atomic mass is 10.1. The number of nitrogens with zero attached hydrogens (tertiary/aromatic N) is 4. The predicted octanol–water partition coefficient (Wildman–Crippen LogP) is 1.97. The van der Waals surface area contributed by atoms with Crippen LogP contribution >= 0.6 is 0 Å². The topological polar surface area (TPSA) is 102 Å². The van der Waals surface area contributed by atoms with Gasteiger partial charge in [0.25, 0.3) is 11.5 Å². The van der Waals surface area contributed by atoms with E-state index in [1.54, 1.807) is 32.4 Å². The first-order valence-electron chi connectivity index (χ1n) is 12.0. The summed E-state index contributed by atoms with van der Waals surface area (Å²) in [5.41, 5.74) is 2.74. The average molecular weight is 504 g/mol. The quantitative estimate of drug-likeness (QED) is 0.432. The molecule has 0 atom stereocenters. The van der Waals surface area contributed by atoms with Crippen molar-refractivity contribution in [3.8, 4) is 22.8 Å². The molecule has 192 valence electrons. The van der Waals surface area contributed by atoms with Crippen molar-refractivity contribution in [2.75, 3.05) is 44.8 Å². The molecule has 4 aromatic rings. The fourth-order valence-electron chi connectivity index (χ4n) is 4.66. The minimum Gasteiger partial charge on any atom is -0.495 e. The van der Waals surface area contributed by atoms with Crippen molar-refractivity contribution in [2.24, 2.45) is 14.1 Å². The lowest BCUT2D eigenvalue weighted by Gasteiger charge is -2.36. The minimum atomic E-state index is -0.377. The standard InChI is InChI=1S/C27H29N5O5/c1-29-22-16-20(28-25(22)26(34)30(2)27(29)35)18-8-10-19(11-9-18)37-17-24(33)32-14-12-31(13-15-32)21-6-4-5-7-23(21)36-3/h4-11,16,28H,12-15,17H2,1-3H3. The van der Waals surface area contributed by atoms with Gasteiger partial charge in [-0.15, -0.1) is 0 Å². The van der Waals surface area contributed by atoms with Crippen LogP contribution < -0.4 is 25.6 Å². The minimum absolute atomic E-state index is 0.0431. The number of amides is 1. The molecule has 2 aromatic carbocycles. The van der Waals surface area contributed by atoms with Crippen LogP contribution in [0.4, 0.5) is 5.69 Å². The molecular formula is C27H29N5O5. The van der Waals surface area contributed by atoms with Crippen molar-refractivity contribution in [1.82, 2.24) is 19.0 Å². The molecule has 1 fully saturated rings. The number of aromatic nitrogens is 3. The molecule has 0 spiro atoms.